The lowest BCUT2D eigenvalue weighted by atomic mass is 9.86. The lowest BCUT2D eigenvalue weighted by Gasteiger charge is -2.35. The van der Waals surface area contributed by atoms with Gasteiger partial charge >= 0.3 is 0 Å². The molecule has 0 aromatic carbocycles. The van der Waals surface area contributed by atoms with Crippen LogP contribution in [0.2, 0.25) is 0 Å². The maximum Gasteiger partial charge on any atom is 0.0766 e. The van der Waals surface area contributed by atoms with E-state index in [0.29, 0.717) is 25.9 Å². The number of hydrogen-bond donors (Lipinski definition) is 1. The zero-order valence-electron chi connectivity index (χ0n) is 11.2. The van der Waals surface area contributed by atoms with Crippen molar-refractivity contribution in [3.63, 3.8) is 0 Å². The number of rotatable bonds is 3. The van der Waals surface area contributed by atoms with Gasteiger partial charge in [-0.3, -0.25) is 4.68 Å². The Bertz CT molecular complexity index is 433. The highest BCUT2D eigenvalue weighted by atomic mass is 79.9. The molecule has 0 bridgehead atoms. The first kappa shape index (κ1) is 14.0. The molecule has 0 aliphatic carbocycles. The maximum atomic E-state index is 10.7. The van der Waals surface area contributed by atoms with E-state index in [-0.39, 0.29) is 6.10 Å². The van der Waals surface area contributed by atoms with Gasteiger partial charge in [0.25, 0.3) is 0 Å². The third kappa shape index (κ3) is 2.78. The molecular formula is C13H21BrN2O2. The minimum Gasteiger partial charge on any atom is -0.389 e. The SMILES string of the molecule is CCc1nn(C)c(CC2(O)CCOC(C)C2)c1Br. The van der Waals surface area contributed by atoms with E-state index < -0.39 is 5.60 Å². The summed E-state index contributed by atoms with van der Waals surface area (Å²) in [6, 6.07) is 0. The Morgan fingerprint density at radius 1 is 1.61 bits per heavy atom. The van der Waals surface area contributed by atoms with Gasteiger partial charge in [0, 0.05) is 26.5 Å². The minimum absolute atomic E-state index is 0.126. The maximum absolute atomic E-state index is 10.7. The lowest BCUT2D eigenvalue weighted by Crippen LogP contribution is -2.42. The van der Waals surface area contributed by atoms with Gasteiger partial charge in [0.05, 0.1) is 27.6 Å². The summed E-state index contributed by atoms with van der Waals surface area (Å²) in [7, 11) is 1.94. The molecule has 4 nitrogen and oxygen atoms in total. The van der Waals surface area contributed by atoms with Crippen LogP contribution in [-0.2, 0) is 24.6 Å². The zero-order chi connectivity index (χ0) is 13.3. The molecule has 1 saturated heterocycles. The number of halogens is 1. The average molecular weight is 317 g/mol. The summed E-state index contributed by atoms with van der Waals surface area (Å²) < 4.78 is 8.42. The summed E-state index contributed by atoms with van der Waals surface area (Å²) in [5.74, 6) is 0. The smallest absolute Gasteiger partial charge is 0.0766 e. The molecule has 1 aliphatic rings. The molecule has 1 fully saturated rings. The molecular weight excluding hydrogens is 296 g/mol. The van der Waals surface area contributed by atoms with Crippen molar-refractivity contribution in [3.8, 4) is 0 Å². The molecule has 1 N–H and O–H groups in total. The van der Waals surface area contributed by atoms with Crippen molar-refractivity contribution in [2.24, 2.45) is 7.05 Å². The van der Waals surface area contributed by atoms with Crippen molar-refractivity contribution in [2.45, 2.75) is 51.2 Å². The molecule has 0 spiro atoms. The van der Waals surface area contributed by atoms with E-state index in [1.54, 1.807) is 0 Å². The molecule has 1 aliphatic heterocycles. The fraction of sp³-hybridized carbons (Fsp3) is 0.769. The van der Waals surface area contributed by atoms with Crippen LogP contribution in [0.4, 0.5) is 0 Å². The number of aryl methyl sites for hydroxylation is 2. The Hall–Kier alpha value is -0.390. The zero-order valence-corrected chi connectivity index (χ0v) is 12.8. The highest BCUT2D eigenvalue weighted by Gasteiger charge is 2.35. The molecule has 0 radical (unpaired) electrons. The molecule has 2 heterocycles. The summed E-state index contributed by atoms with van der Waals surface area (Å²) >= 11 is 3.60. The number of ether oxygens (including phenoxy) is 1. The quantitative estimate of drug-likeness (QED) is 0.930. The van der Waals surface area contributed by atoms with Gasteiger partial charge in [0.2, 0.25) is 0 Å². The van der Waals surface area contributed by atoms with Crippen LogP contribution >= 0.6 is 15.9 Å². The number of nitrogens with zero attached hydrogens (tertiary/aromatic N) is 2. The molecule has 1 aromatic rings. The van der Waals surface area contributed by atoms with E-state index >= 15 is 0 Å². The first-order valence-corrected chi connectivity index (χ1v) is 7.28. The molecule has 2 atom stereocenters. The van der Waals surface area contributed by atoms with E-state index in [1.807, 2.05) is 18.7 Å². The number of hydrogen-bond acceptors (Lipinski definition) is 3. The van der Waals surface area contributed by atoms with Crippen molar-refractivity contribution in [3.05, 3.63) is 15.9 Å². The van der Waals surface area contributed by atoms with Gasteiger partial charge in [-0.15, -0.1) is 0 Å². The molecule has 102 valence electrons. The normalized spacial score (nSPS) is 28.6. The van der Waals surface area contributed by atoms with Crippen molar-refractivity contribution >= 4 is 15.9 Å². The Morgan fingerprint density at radius 3 is 2.89 bits per heavy atom. The highest BCUT2D eigenvalue weighted by Crippen LogP contribution is 2.32. The molecule has 0 saturated carbocycles. The number of aliphatic hydroxyl groups is 1. The first-order valence-electron chi connectivity index (χ1n) is 6.49. The van der Waals surface area contributed by atoms with Crippen molar-refractivity contribution in [1.29, 1.82) is 0 Å². The van der Waals surface area contributed by atoms with Crippen LogP contribution in [0, 0.1) is 0 Å². The fourth-order valence-electron chi connectivity index (χ4n) is 2.63. The van der Waals surface area contributed by atoms with Crippen molar-refractivity contribution in [2.75, 3.05) is 6.61 Å². The monoisotopic (exact) mass is 316 g/mol. The van der Waals surface area contributed by atoms with E-state index in [4.69, 9.17) is 4.74 Å². The van der Waals surface area contributed by atoms with Crippen LogP contribution in [0.5, 0.6) is 0 Å². The Morgan fingerprint density at radius 2 is 2.33 bits per heavy atom. The largest absolute Gasteiger partial charge is 0.389 e. The van der Waals surface area contributed by atoms with Crippen LogP contribution in [0.15, 0.2) is 4.47 Å². The van der Waals surface area contributed by atoms with Gasteiger partial charge in [-0.2, -0.15) is 5.10 Å². The second-order valence-electron chi connectivity index (χ2n) is 5.22. The van der Waals surface area contributed by atoms with E-state index in [1.165, 1.54) is 0 Å². The van der Waals surface area contributed by atoms with Crippen LogP contribution in [-0.4, -0.2) is 33.2 Å². The van der Waals surface area contributed by atoms with Crippen molar-refractivity contribution in [1.82, 2.24) is 9.78 Å². The van der Waals surface area contributed by atoms with Gasteiger partial charge in [-0.1, -0.05) is 6.92 Å². The van der Waals surface area contributed by atoms with Crippen LogP contribution in [0.1, 0.15) is 38.1 Å². The summed E-state index contributed by atoms with van der Waals surface area (Å²) in [6.07, 6.45) is 3.03. The van der Waals surface area contributed by atoms with Crippen molar-refractivity contribution < 1.29 is 9.84 Å². The third-order valence-electron chi connectivity index (χ3n) is 3.64. The summed E-state index contributed by atoms with van der Waals surface area (Å²) in [6.45, 7) is 4.73. The predicted octanol–water partition coefficient (Wildman–Crippen LogP) is 2.22. The molecule has 18 heavy (non-hydrogen) atoms. The second-order valence-corrected chi connectivity index (χ2v) is 6.01. The van der Waals surface area contributed by atoms with E-state index in [9.17, 15) is 5.11 Å². The molecule has 2 unspecified atom stereocenters. The molecule has 2 rings (SSSR count). The molecule has 5 heteroatoms. The fourth-order valence-corrected chi connectivity index (χ4v) is 3.39. The van der Waals surface area contributed by atoms with Gasteiger partial charge in [0.1, 0.15) is 0 Å². The second kappa shape index (κ2) is 5.31. The van der Waals surface area contributed by atoms with E-state index in [0.717, 1.165) is 22.3 Å². The topological polar surface area (TPSA) is 47.3 Å². The van der Waals surface area contributed by atoms with Crippen LogP contribution in [0.3, 0.4) is 0 Å². The molecule has 1 aromatic heterocycles. The minimum atomic E-state index is -0.668. The summed E-state index contributed by atoms with van der Waals surface area (Å²) in [4.78, 5) is 0. The summed E-state index contributed by atoms with van der Waals surface area (Å²) in [5.41, 5.74) is 1.46. The standard InChI is InChI=1S/C13H21BrN2O2/c1-4-10-12(14)11(16(3)15-10)8-13(17)5-6-18-9(2)7-13/h9,17H,4-8H2,1-3H3. The number of aromatic nitrogens is 2. The van der Waals surface area contributed by atoms with Crippen LogP contribution < -0.4 is 0 Å². The third-order valence-corrected chi connectivity index (χ3v) is 4.55. The van der Waals surface area contributed by atoms with E-state index in [2.05, 4.69) is 28.0 Å². The van der Waals surface area contributed by atoms with Gasteiger partial charge in [-0.05, 0) is 35.7 Å². The van der Waals surface area contributed by atoms with Gasteiger partial charge < -0.3 is 9.84 Å². The summed E-state index contributed by atoms with van der Waals surface area (Å²) in [5, 5.41) is 15.2. The lowest BCUT2D eigenvalue weighted by molar-refractivity contribution is -0.0968. The predicted molar refractivity (Wildman–Crippen MR) is 73.6 cm³/mol. The highest BCUT2D eigenvalue weighted by molar-refractivity contribution is 9.10. The Balaban J connectivity index is 2.20. The Kier molecular flexibility index (Phi) is 4.14. The van der Waals surface area contributed by atoms with Crippen LogP contribution in [0.25, 0.3) is 0 Å². The average Bonchev–Trinajstić information content (AvgIpc) is 2.56. The van der Waals surface area contributed by atoms with Gasteiger partial charge in [-0.25, -0.2) is 0 Å². The van der Waals surface area contributed by atoms with Gasteiger partial charge in [0.15, 0.2) is 0 Å². The first-order chi connectivity index (χ1) is 8.45. The molecule has 0 amide bonds. The Labute approximate surface area is 116 Å².